The van der Waals surface area contributed by atoms with Gasteiger partial charge in [-0.2, -0.15) is 0 Å². The van der Waals surface area contributed by atoms with Crippen LogP contribution >= 0.6 is 0 Å². The van der Waals surface area contributed by atoms with Gasteiger partial charge in [-0.05, 0) is 46.8 Å². The summed E-state index contributed by atoms with van der Waals surface area (Å²) in [6, 6.07) is 3.61. The van der Waals surface area contributed by atoms with Crippen molar-refractivity contribution in [2.24, 2.45) is 0 Å². The first-order chi connectivity index (χ1) is 9.23. The molecule has 0 saturated carbocycles. The molecule has 1 amide bonds. The van der Waals surface area contributed by atoms with Crippen LogP contribution in [-0.2, 0) is 16.1 Å². The number of hydrogen-bond acceptors (Lipinski definition) is 3. The Labute approximate surface area is 118 Å². The first-order valence-electron chi connectivity index (χ1n) is 6.51. The maximum Gasteiger partial charge on any atom is 0.331 e. The first kappa shape index (κ1) is 16.0. The quantitative estimate of drug-likeness (QED) is 0.841. The van der Waals surface area contributed by atoms with Gasteiger partial charge in [0, 0.05) is 17.2 Å². The van der Waals surface area contributed by atoms with Crippen LogP contribution in [0.15, 0.2) is 27.7 Å². The molecule has 1 heterocycles. The number of aliphatic carboxylic acids is 1. The maximum atomic E-state index is 12.4. The van der Waals surface area contributed by atoms with E-state index in [0.29, 0.717) is 12.3 Å². The normalized spacial score (nSPS) is 12.3. The summed E-state index contributed by atoms with van der Waals surface area (Å²) in [5, 5.41) is 8.97. The Hall–Kier alpha value is -2.04. The summed E-state index contributed by atoms with van der Waals surface area (Å²) in [5.74, 6) is 0.109. The molecule has 1 aromatic rings. The van der Waals surface area contributed by atoms with Crippen LogP contribution in [0.3, 0.4) is 0 Å². The van der Waals surface area contributed by atoms with E-state index in [0.717, 1.165) is 5.76 Å². The first-order valence-corrected chi connectivity index (χ1v) is 6.51. The second kappa shape index (κ2) is 6.41. The Kier molecular flexibility index (Phi) is 5.13. The van der Waals surface area contributed by atoms with Crippen LogP contribution in [0.25, 0.3) is 0 Å². The monoisotopic (exact) mass is 279 g/mol. The minimum absolute atomic E-state index is 0.0514. The predicted octanol–water partition coefficient (Wildman–Crippen LogP) is 2.75. The van der Waals surface area contributed by atoms with E-state index in [4.69, 9.17) is 9.52 Å². The summed E-state index contributed by atoms with van der Waals surface area (Å²) in [6.45, 7) is 8.91. The molecule has 0 aromatic carbocycles. The Morgan fingerprint density at radius 3 is 2.25 bits per heavy atom. The van der Waals surface area contributed by atoms with Gasteiger partial charge in [0.25, 0.3) is 5.91 Å². The van der Waals surface area contributed by atoms with E-state index in [-0.39, 0.29) is 23.1 Å². The third-order valence-corrected chi connectivity index (χ3v) is 3.21. The third kappa shape index (κ3) is 3.73. The Morgan fingerprint density at radius 1 is 1.25 bits per heavy atom. The molecule has 0 spiro atoms. The summed E-state index contributed by atoms with van der Waals surface area (Å²) < 4.78 is 5.48. The van der Waals surface area contributed by atoms with Gasteiger partial charge >= 0.3 is 5.97 Å². The highest BCUT2D eigenvalue weighted by Gasteiger charge is 2.22. The summed E-state index contributed by atoms with van der Waals surface area (Å²) in [4.78, 5) is 25.0. The van der Waals surface area contributed by atoms with Gasteiger partial charge in [0.05, 0.1) is 6.54 Å². The highest BCUT2D eigenvalue weighted by molar-refractivity contribution is 6.01. The summed E-state index contributed by atoms with van der Waals surface area (Å²) in [6.07, 6.45) is 0. The van der Waals surface area contributed by atoms with Crippen molar-refractivity contribution >= 4 is 11.9 Å². The van der Waals surface area contributed by atoms with Gasteiger partial charge < -0.3 is 14.4 Å². The number of amides is 1. The van der Waals surface area contributed by atoms with E-state index in [1.165, 1.54) is 13.8 Å². The van der Waals surface area contributed by atoms with E-state index in [1.54, 1.807) is 4.90 Å². The number of hydrogen-bond donors (Lipinski definition) is 1. The fourth-order valence-corrected chi connectivity index (χ4v) is 1.76. The van der Waals surface area contributed by atoms with Gasteiger partial charge in [0.1, 0.15) is 11.5 Å². The Bertz CT molecular complexity index is 540. The second-order valence-corrected chi connectivity index (χ2v) is 5.09. The van der Waals surface area contributed by atoms with Crippen molar-refractivity contribution in [2.45, 2.75) is 47.2 Å². The molecule has 0 aliphatic carbocycles. The van der Waals surface area contributed by atoms with Crippen LogP contribution in [0.4, 0.5) is 0 Å². The number of aryl methyl sites for hydroxylation is 1. The molecule has 0 aliphatic heterocycles. The fourth-order valence-electron chi connectivity index (χ4n) is 1.76. The van der Waals surface area contributed by atoms with Crippen LogP contribution in [0.2, 0.25) is 0 Å². The van der Waals surface area contributed by atoms with E-state index < -0.39 is 5.97 Å². The highest BCUT2D eigenvalue weighted by Crippen LogP contribution is 2.16. The highest BCUT2D eigenvalue weighted by atomic mass is 16.4. The summed E-state index contributed by atoms with van der Waals surface area (Å²) >= 11 is 0. The minimum Gasteiger partial charge on any atom is -0.478 e. The summed E-state index contributed by atoms with van der Waals surface area (Å²) in [5.41, 5.74) is 0.311. The molecule has 0 bridgehead atoms. The minimum atomic E-state index is -1.08. The number of carboxylic acid groups (broad SMARTS) is 1. The van der Waals surface area contributed by atoms with E-state index in [9.17, 15) is 9.59 Å². The molecule has 0 aliphatic rings. The number of furan rings is 1. The summed E-state index contributed by atoms with van der Waals surface area (Å²) in [7, 11) is 0. The zero-order chi connectivity index (χ0) is 15.4. The van der Waals surface area contributed by atoms with Crippen LogP contribution in [0.5, 0.6) is 0 Å². The molecule has 20 heavy (non-hydrogen) atoms. The van der Waals surface area contributed by atoms with Gasteiger partial charge in [-0.25, -0.2) is 4.79 Å². The molecular formula is C15H21NO4. The van der Waals surface area contributed by atoms with Crippen LogP contribution in [0, 0.1) is 6.92 Å². The van der Waals surface area contributed by atoms with Gasteiger partial charge in [-0.15, -0.1) is 0 Å². The Balaban J connectivity index is 3.00. The zero-order valence-electron chi connectivity index (χ0n) is 12.6. The van der Waals surface area contributed by atoms with Gasteiger partial charge in [-0.3, -0.25) is 4.79 Å². The van der Waals surface area contributed by atoms with Gasteiger partial charge in [0.15, 0.2) is 0 Å². The van der Waals surface area contributed by atoms with Crippen molar-refractivity contribution in [1.29, 1.82) is 0 Å². The molecule has 5 heteroatoms. The van der Waals surface area contributed by atoms with Crippen molar-refractivity contribution < 1.29 is 19.1 Å². The number of carbonyl (C=O) groups is 2. The number of carboxylic acids is 1. The number of rotatable bonds is 5. The lowest BCUT2D eigenvalue weighted by Crippen LogP contribution is -2.37. The molecule has 0 saturated heterocycles. The zero-order valence-corrected chi connectivity index (χ0v) is 12.6. The van der Waals surface area contributed by atoms with E-state index in [1.807, 2.05) is 32.9 Å². The predicted molar refractivity (Wildman–Crippen MR) is 75.1 cm³/mol. The van der Waals surface area contributed by atoms with Crippen molar-refractivity contribution in [2.75, 3.05) is 0 Å². The van der Waals surface area contributed by atoms with Crippen molar-refractivity contribution in [3.63, 3.8) is 0 Å². The molecule has 1 aromatic heterocycles. The molecule has 1 N–H and O–H groups in total. The van der Waals surface area contributed by atoms with Crippen molar-refractivity contribution in [3.05, 3.63) is 34.8 Å². The van der Waals surface area contributed by atoms with Crippen LogP contribution in [-0.4, -0.2) is 27.9 Å². The molecule has 110 valence electrons. The van der Waals surface area contributed by atoms with Crippen LogP contribution in [0.1, 0.15) is 39.2 Å². The van der Waals surface area contributed by atoms with Crippen molar-refractivity contribution in [3.8, 4) is 0 Å². The average molecular weight is 279 g/mol. The number of carbonyl (C=O) groups excluding carboxylic acids is 1. The topological polar surface area (TPSA) is 70.8 Å². The molecule has 0 unspecified atom stereocenters. The molecule has 0 fully saturated rings. The lowest BCUT2D eigenvalue weighted by atomic mass is 10.1. The van der Waals surface area contributed by atoms with E-state index >= 15 is 0 Å². The van der Waals surface area contributed by atoms with Gasteiger partial charge in [0.2, 0.25) is 0 Å². The molecule has 1 rings (SSSR count). The number of nitrogens with zero attached hydrogens (tertiary/aromatic N) is 1. The maximum absolute atomic E-state index is 12.4. The third-order valence-electron chi connectivity index (χ3n) is 3.21. The average Bonchev–Trinajstić information content (AvgIpc) is 2.78. The molecule has 5 nitrogen and oxygen atoms in total. The van der Waals surface area contributed by atoms with Crippen molar-refractivity contribution in [1.82, 2.24) is 4.90 Å². The fraction of sp³-hybridized carbons (Fsp3) is 0.467. The molecular weight excluding hydrogens is 258 g/mol. The smallest absolute Gasteiger partial charge is 0.331 e. The van der Waals surface area contributed by atoms with Gasteiger partial charge in [-0.1, -0.05) is 0 Å². The largest absolute Gasteiger partial charge is 0.478 e. The lowest BCUT2D eigenvalue weighted by molar-refractivity contribution is -0.134. The Morgan fingerprint density at radius 2 is 1.85 bits per heavy atom. The SMILES string of the molecule is CC(C(=O)O)=C(C)C(=O)N(Cc1ccc(C)o1)C(C)C. The standard InChI is InChI=1S/C15H21NO4/c1-9(2)16(8-13-7-6-10(3)20-13)14(17)11(4)12(5)15(18)19/h6-7,9H,8H2,1-5H3,(H,18,19). The van der Waals surface area contributed by atoms with Crippen LogP contribution < -0.4 is 0 Å². The second-order valence-electron chi connectivity index (χ2n) is 5.09. The molecule has 0 radical (unpaired) electrons. The lowest BCUT2D eigenvalue weighted by Gasteiger charge is -2.26. The molecule has 0 atom stereocenters. The van der Waals surface area contributed by atoms with E-state index in [2.05, 4.69) is 0 Å².